The van der Waals surface area contributed by atoms with Gasteiger partial charge in [-0.15, -0.1) is 0 Å². The average molecular weight is 407 g/mol. The van der Waals surface area contributed by atoms with E-state index in [2.05, 4.69) is 65.8 Å². The predicted octanol–water partition coefficient (Wildman–Crippen LogP) is 3.24. The third kappa shape index (κ3) is 5.25. The molecule has 0 spiro atoms. The van der Waals surface area contributed by atoms with Gasteiger partial charge in [0.2, 0.25) is 0 Å². The van der Waals surface area contributed by atoms with E-state index < -0.39 is 0 Å². The molecule has 1 aromatic heterocycles. The van der Waals surface area contributed by atoms with Crippen molar-refractivity contribution >= 4 is 28.5 Å². The van der Waals surface area contributed by atoms with E-state index in [0.29, 0.717) is 16.7 Å². The second-order valence-electron chi connectivity index (χ2n) is 5.62. The number of alkyl halides is 1. The van der Waals surface area contributed by atoms with Crippen LogP contribution in [0.5, 0.6) is 0 Å². The monoisotopic (exact) mass is 407 g/mol. The zero-order chi connectivity index (χ0) is 15.9. The van der Waals surface area contributed by atoms with Gasteiger partial charge in [-0.2, -0.15) is 0 Å². The molecule has 1 atom stereocenters. The number of likely N-dealkylation sites (N-methyl/N-ethyl adjacent to an activating group) is 1. The van der Waals surface area contributed by atoms with Gasteiger partial charge in [-0.3, -0.25) is 9.69 Å². The van der Waals surface area contributed by atoms with Gasteiger partial charge in [0.05, 0.1) is 4.43 Å². The molecule has 5 nitrogen and oxygen atoms in total. The molecule has 0 aliphatic rings. The van der Waals surface area contributed by atoms with E-state index in [4.69, 9.17) is 4.52 Å². The Morgan fingerprint density at radius 2 is 2.24 bits per heavy atom. The number of halogens is 1. The molecule has 21 heavy (non-hydrogen) atoms. The van der Waals surface area contributed by atoms with Crippen LogP contribution in [-0.2, 0) is 4.43 Å². The van der Waals surface area contributed by atoms with Crippen LogP contribution in [0, 0.1) is 0 Å². The lowest BCUT2D eigenvalue weighted by Gasteiger charge is -2.38. The lowest BCUT2D eigenvalue weighted by Crippen LogP contribution is -2.52. The molecule has 1 amide bonds. The molecule has 0 saturated carbocycles. The van der Waals surface area contributed by atoms with Crippen molar-refractivity contribution in [2.75, 3.05) is 20.1 Å². The quantitative estimate of drug-likeness (QED) is 0.505. The van der Waals surface area contributed by atoms with Crippen LogP contribution >= 0.6 is 22.6 Å². The van der Waals surface area contributed by atoms with Crippen molar-refractivity contribution in [3.05, 3.63) is 17.5 Å². The maximum atomic E-state index is 12.1. The van der Waals surface area contributed by atoms with Crippen LogP contribution in [0.15, 0.2) is 10.6 Å². The first-order valence-corrected chi connectivity index (χ1v) is 9.00. The van der Waals surface area contributed by atoms with E-state index in [-0.39, 0.29) is 11.4 Å². The first kappa shape index (κ1) is 18.4. The SMILES string of the molecule is CCCCN(C)C(C)(CC)CNC(=O)c1cc(CI)on1. The molecule has 6 heteroatoms. The first-order valence-electron chi connectivity index (χ1n) is 7.47. The standard InChI is InChI=1S/C15H26IN3O2/c1-5-7-8-19(4)15(3,6-2)11-17-14(20)13-9-12(10-16)21-18-13/h9H,5-8,10-11H2,1-4H3,(H,17,20). The molecule has 0 fully saturated rings. The van der Waals surface area contributed by atoms with Crippen LogP contribution in [0.1, 0.15) is 56.3 Å². The van der Waals surface area contributed by atoms with Gasteiger partial charge in [-0.25, -0.2) is 0 Å². The summed E-state index contributed by atoms with van der Waals surface area (Å²) in [5.41, 5.74) is 0.317. The Kier molecular flexibility index (Phi) is 7.65. The Hall–Kier alpha value is -0.630. The number of hydrogen-bond donors (Lipinski definition) is 1. The molecular formula is C15H26IN3O2. The van der Waals surface area contributed by atoms with Crippen molar-refractivity contribution in [3.8, 4) is 0 Å². The van der Waals surface area contributed by atoms with Crippen LogP contribution in [0.25, 0.3) is 0 Å². The Labute approximate surface area is 141 Å². The third-order valence-electron chi connectivity index (χ3n) is 4.08. The minimum absolute atomic E-state index is 0.0410. The van der Waals surface area contributed by atoms with E-state index >= 15 is 0 Å². The van der Waals surface area contributed by atoms with Crippen molar-refractivity contribution in [3.63, 3.8) is 0 Å². The Bertz CT molecular complexity index is 450. The number of aromatic nitrogens is 1. The van der Waals surface area contributed by atoms with Gasteiger partial charge < -0.3 is 9.84 Å². The summed E-state index contributed by atoms with van der Waals surface area (Å²) in [6.07, 6.45) is 3.32. The highest BCUT2D eigenvalue weighted by Gasteiger charge is 2.28. The van der Waals surface area contributed by atoms with E-state index in [1.807, 2.05) is 0 Å². The fourth-order valence-corrected chi connectivity index (χ4v) is 2.40. The Morgan fingerprint density at radius 3 is 2.76 bits per heavy atom. The largest absolute Gasteiger partial charge is 0.360 e. The van der Waals surface area contributed by atoms with Crippen molar-refractivity contribution in [1.82, 2.24) is 15.4 Å². The molecule has 120 valence electrons. The normalized spacial score (nSPS) is 14.2. The second kappa shape index (κ2) is 8.73. The van der Waals surface area contributed by atoms with Crippen LogP contribution in [0.4, 0.5) is 0 Å². The lowest BCUT2D eigenvalue weighted by atomic mass is 9.96. The summed E-state index contributed by atoms with van der Waals surface area (Å²) in [6.45, 7) is 8.17. The van der Waals surface area contributed by atoms with Gasteiger partial charge in [0.25, 0.3) is 5.91 Å². The van der Waals surface area contributed by atoms with Crippen molar-refractivity contribution in [1.29, 1.82) is 0 Å². The van der Waals surface area contributed by atoms with Crippen LogP contribution < -0.4 is 5.32 Å². The Morgan fingerprint density at radius 1 is 1.52 bits per heavy atom. The molecule has 1 heterocycles. The Balaban J connectivity index is 2.59. The topological polar surface area (TPSA) is 58.4 Å². The molecule has 0 bridgehead atoms. The number of carbonyl (C=O) groups excluding carboxylic acids is 1. The maximum absolute atomic E-state index is 12.1. The minimum Gasteiger partial charge on any atom is -0.360 e. The highest BCUT2D eigenvalue weighted by Crippen LogP contribution is 2.18. The number of nitrogens with one attached hydrogen (secondary N) is 1. The first-order chi connectivity index (χ1) is 9.96. The van der Waals surface area contributed by atoms with Crippen molar-refractivity contribution in [2.24, 2.45) is 0 Å². The van der Waals surface area contributed by atoms with Gasteiger partial charge in [0.15, 0.2) is 5.69 Å². The number of hydrogen-bond acceptors (Lipinski definition) is 4. The number of unbranched alkanes of at least 4 members (excludes halogenated alkanes) is 1. The molecule has 0 aliphatic carbocycles. The number of amides is 1. The molecule has 1 aromatic rings. The number of nitrogens with zero attached hydrogens (tertiary/aromatic N) is 2. The third-order valence-corrected chi connectivity index (χ3v) is 4.84. The van der Waals surface area contributed by atoms with E-state index in [1.165, 1.54) is 12.8 Å². The molecular weight excluding hydrogens is 381 g/mol. The number of carbonyl (C=O) groups is 1. The summed E-state index contributed by atoms with van der Waals surface area (Å²) in [7, 11) is 2.12. The van der Waals surface area contributed by atoms with E-state index in [1.54, 1.807) is 6.07 Å². The van der Waals surface area contributed by atoms with Crippen molar-refractivity contribution in [2.45, 2.75) is 50.0 Å². The molecule has 0 radical (unpaired) electrons. The molecule has 1 rings (SSSR count). The van der Waals surface area contributed by atoms with Crippen LogP contribution in [0.2, 0.25) is 0 Å². The van der Waals surface area contributed by atoms with Crippen LogP contribution in [0.3, 0.4) is 0 Å². The molecule has 0 saturated heterocycles. The smallest absolute Gasteiger partial charge is 0.273 e. The molecule has 0 aromatic carbocycles. The second-order valence-corrected chi connectivity index (χ2v) is 6.38. The fraction of sp³-hybridized carbons (Fsp3) is 0.733. The fourth-order valence-electron chi connectivity index (χ4n) is 2.04. The zero-order valence-corrected chi connectivity index (χ0v) is 15.6. The maximum Gasteiger partial charge on any atom is 0.273 e. The molecule has 1 N–H and O–H groups in total. The van der Waals surface area contributed by atoms with Crippen LogP contribution in [-0.4, -0.2) is 41.6 Å². The van der Waals surface area contributed by atoms with E-state index in [0.717, 1.165) is 18.7 Å². The number of rotatable bonds is 9. The molecule has 1 unspecified atom stereocenters. The van der Waals surface area contributed by atoms with Gasteiger partial charge >= 0.3 is 0 Å². The summed E-state index contributed by atoms with van der Waals surface area (Å²) < 4.78 is 5.78. The summed E-state index contributed by atoms with van der Waals surface area (Å²) >= 11 is 2.18. The average Bonchev–Trinajstić information content (AvgIpc) is 2.98. The summed E-state index contributed by atoms with van der Waals surface area (Å²) in [4.78, 5) is 14.4. The summed E-state index contributed by atoms with van der Waals surface area (Å²) in [5, 5.41) is 6.78. The van der Waals surface area contributed by atoms with Gasteiger partial charge in [-0.1, -0.05) is 48.0 Å². The molecule has 0 aliphatic heterocycles. The van der Waals surface area contributed by atoms with Gasteiger partial charge in [0.1, 0.15) is 5.76 Å². The zero-order valence-electron chi connectivity index (χ0n) is 13.4. The lowest BCUT2D eigenvalue weighted by molar-refractivity contribution is 0.0867. The van der Waals surface area contributed by atoms with Crippen molar-refractivity contribution < 1.29 is 9.32 Å². The summed E-state index contributed by atoms with van der Waals surface area (Å²) in [5.74, 6) is 0.553. The highest BCUT2D eigenvalue weighted by atomic mass is 127. The minimum atomic E-state index is -0.168. The van der Waals surface area contributed by atoms with Gasteiger partial charge in [-0.05, 0) is 33.4 Å². The highest BCUT2D eigenvalue weighted by molar-refractivity contribution is 14.1. The predicted molar refractivity (Wildman–Crippen MR) is 92.8 cm³/mol. The van der Waals surface area contributed by atoms with Gasteiger partial charge in [0, 0.05) is 18.2 Å². The van der Waals surface area contributed by atoms with E-state index in [9.17, 15) is 4.79 Å². The summed E-state index contributed by atoms with van der Waals surface area (Å²) in [6, 6.07) is 1.70.